The fourth-order valence-corrected chi connectivity index (χ4v) is 2.03. The molecule has 0 heterocycles. The van der Waals surface area contributed by atoms with Crippen molar-refractivity contribution in [3.63, 3.8) is 0 Å². The zero-order valence-electron chi connectivity index (χ0n) is 12.4. The van der Waals surface area contributed by atoms with Crippen LogP contribution in [0.4, 0.5) is 0 Å². The lowest BCUT2D eigenvalue weighted by Crippen LogP contribution is -2.23. The Hall–Kier alpha value is -1.06. The third-order valence-electron chi connectivity index (χ3n) is 3.36. The second kappa shape index (κ2) is 7.51. The molecule has 0 aliphatic carbocycles. The fourth-order valence-electron chi connectivity index (χ4n) is 2.03. The summed E-state index contributed by atoms with van der Waals surface area (Å²) in [5.41, 5.74) is 3.51. The quantitative estimate of drug-likeness (QED) is 0.798. The predicted molar refractivity (Wildman–Crippen MR) is 77.7 cm³/mol. The molecule has 0 fully saturated rings. The number of aliphatic hydroxyl groups excluding tert-OH is 2. The van der Waals surface area contributed by atoms with Gasteiger partial charge in [-0.15, -0.1) is 0 Å². The van der Waals surface area contributed by atoms with Crippen LogP contribution in [0.1, 0.15) is 43.4 Å². The van der Waals surface area contributed by atoms with Crippen molar-refractivity contribution in [2.45, 2.75) is 59.2 Å². The molecule has 19 heavy (non-hydrogen) atoms. The maximum atomic E-state index is 9.64. The Bertz CT molecular complexity index is 399. The van der Waals surface area contributed by atoms with Gasteiger partial charge >= 0.3 is 0 Å². The molecule has 3 heteroatoms. The van der Waals surface area contributed by atoms with Crippen molar-refractivity contribution in [2.24, 2.45) is 0 Å². The van der Waals surface area contributed by atoms with Crippen LogP contribution in [0.25, 0.3) is 0 Å². The normalized spacial score (nSPS) is 14.2. The summed E-state index contributed by atoms with van der Waals surface area (Å²) in [5.74, 6) is 0.944. The molecule has 0 aliphatic rings. The minimum absolute atomic E-state index is 0.576. The molecule has 1 rings (SSSR count). The third-order valence-corrected chi connectivity index (χ3v) is 3.36. The Morgan fingerprint density at radius 1 is 1.16 bits per heavy atom. The van der Waals surface area contributed by atoms with Crippen LogP contribution < -0.4 is 4.74 Å². The van der Waals surface area contributed by atoms with Crippen molar-refractivity contribution in [2.75, 3.05) is 6.61 Å². The smallest absolute Gasteiger partial charge is 0.122 e. The number of benzene rings is 1. The second-order valence-electron chi connectivity index (χ2n) is 5.24. The van der Waals surface area contributed by atoms with E-state index in [-0.39, 0.29) is 0 Å². The number of ether oxygens (including phenoxy) is 1. The Morgan fingerprint density at radius 2 is 1.84 bits per heavy atom. The van der Waals surface area contributed by atoms with Crippen LogP contribution in [0.3, 0.4) is 0 Å². The van der Waals surface area contributed by atoms with E-state index in [2.05, 4.69) is 26.0 Å². The van der Waals surface area contributed by atoms with Gasteiger partial charge in [-0.3, -0.25) is 0 Å². The summed E-state index contributed by atoms with van der Waals surface area (Å²) in [6.07, 6.45) is 1.02. The highest BCUT2D eigenvalue weighted by Crippen LogP contribution is 2.24. The molecular weight excluding hydrogens is 240 g/mol. The lowest BCUT2D eigenvalue weighted by molar-refractivity contribution is 0.0265. The molecule has 0 bridgehead atoms. The zero-order valence-corrected chi connectivity index (χ0v) is 12.4. The number of hydrogen-bond donors (Lipinski definition) is 2. The number of rotatable bonds is 7. The van der Waals surface area contributed by atoms with Crippen molar-refractivity contribution in [3.05, 3.63) is 28.8 Å². The minimum Gasteiger partial charge on any atom is -0.493 e. The molecule has 0 aliphatic heterocycles. The van der Waals surface area contributed by atoms with Gasteiger partial charge < -0.3 is 14.9 Å². The zero-order chi connectivity index (χ0) is 14.4. The van der Waals surface area contributed by atoms with E-state index >= 15 is 0 Å². The first kappa shape index (κ1) is 16.0. The monoisotopic (exact) mass is 266 g/mol. The molecule has 1 aromatic carbocycles. The molecule has 3 nitrogen and oxygen atoms in total. The average molecular weight is 266 g/mol. The lowest BCUT2D eigenvalue weighted by atomic mass is 9.98. The number of hydrogen-bond acceptors (Lipinski definition) is 3. The largest absolute Gasteiger partial charge is 0.493 e. The molecule has 0 saturated heterocycles. The SMILES string of the molecule is CCCOc1cc(C)c(CCC(O)C(C)O)cc1C. The van der Waals surface area contributed by atoms with Crippen LogP contribution in [-0.4, -0.2) is 29.0 Å². The van der Waals surface area contributed by atoms with Gasteiger partial charge in [0.15, 0.2) is 0 Å². The summed E-state index contributed by atoms with van der Waals surface area (Å²) < 4.78 is 5.70. The molecule has 0 spiro atoms. The highest BCUT2D eigenvalue weighted by molar-refractivity contribution is 5.41. The highest BCUT2D eigenvalue weighted by Gasteiger charge is 2.12. The first-order valence-corrected chi connectivity index (χ1v) is 7.04. The van der Waals surface area contributed by atoms with E-state index in [4.69, 9.17) is 4.74 Å². The van der Waals surface area contributed by atoms with Crippen LogP contribution >= 0.6 is 0 Å². The molecule has 2 unspecified atom stereocenters. The van der Waals surface area contributed by atoms with E-state index in [0.29, 0.717) is 6.42 Å². The number of aryl methyl sites for hydroxylation is 3. The highest BCUT2D eigenvalue weighted by atomic mass is 16.5. The molecule has 2 atom stereocenters. The van der Waals surface area contributed by atoms with Gasteiger partial charge in [0.2, 0.25) is 0 Å². The van der Waals surface area contributed by atoms with Crippen molar-refractivity contribution in [3.8, 4) is 5.75 Å². The van der Waals surface area contributed by atoms with Gasteiger partial charge in [0.25, 0.3) is 0 Å². The van der Waals surface area contributed by atoms with Crippen LogP contribution in [0.2, 0.25) is 0 Å². The maximum Gasteiger partial charge on any atom is 0.122 e. The summed E-state index contributed by atoms with van der Waals surface area (Å²) in [6, 6.07) is 4.18. The molecule has 0 saturated carbocycles. The minimum atomic E-state index is -0.673. The van der Waals surface area contributed by atoms with E-state index in [9.17, 15) is 10.2 Å². The van der Waals surface area contributed by atoms with Gasteiger partial charge in [0.1, 0.15) is 5.75 Å². The van der Waals surface area contributed by atoms with Crippen molar-refractivity contribution in [1.29, 1.82) is 0 Å². The first-order valence-electron chi connectivity index (χ1n) is 7.04. The van der Waals surface area contributed by atoms with Gasteiger partial charge in [-0.25, -0.2) is 0 Å². The molecule has 2 N–H and O–H groups in total. The van der Waals surface area contributed by atoms with Gasteiger partial charge in [0.05, 0.1) is 18.8 Å². The van der Waals surface area contributed by atoms with E-state index in [1.165, 1.54) is 11.1 Å². The average Bonchev–Trinajstić information content (AvgIpc) is 2.37. The van der Waals surface area contributed by atoms with E-state index < -0.39 is 12.2 Å². The van der Waals surface area contributed by atoms with E-state index in [1.807, 2.05) is 6.92 Å². The predicted octanol–water partition coefficient (Wildman–Crippen LogP) is 2.77. The maximum absolute atomic E-state index is 9.64. The summed E-state index contributed by atoms with van der Waals surface area (Å²) in [5, 5.41) is 18.9. The Kier molecular flexibility index (Phi) is 6.32. The van der Waals surface area contributed by atoms with Crippen molar-refractivity contribution >= 4 is 0 Å². The molecule has 108 valence electrons. The van der Waals surface area contributed by atoms with Crippen LogP contribution in [0, 0.1) is 13.8 Å². The Balaban J connectivity index is 2.72. The number of aliphatic hydroxyl groups is 2. The summed E-state index contributed by atoms with van der Waals surface area (Å²) in [7, 11) is 0. The Morgan fingerprint density at radius 3 is 2.42 bits per heavy atom. The van der Waals surface area contributed by atoms with Crippen LogP contribution in [-0.2, 0) is 6.42 Å². The molecule has 0 aromatic heterocycles. The fraction of sp³-hybridized carbons (Fsp3) is 0.625. The van der Waals surface area contributed by atoms with Gasteiger partial charge in [-0.2, -0.15) is 0 Å². The molecular formula is C16H26O3. The standard InChI is InChI=1S/C16H26O3/c1-5-8-19-16-10-11(2)14(9-12(16)3)6-7-15(18)13(4)17/h9-10,13,15,17-18H,5-8H2,1-4H3. The van der Waals surface area contributed by atoms with Crippen LogP contribution in [0.15, 0.2) is 12.1 Å². The summed E-state index contributed by atoms with van der Waals surface area (Å²) in [4.78, 5) is 0. The molecule has 1 aromatic rings. The summed E-state index contributed by atoms with van der Waals surface area (Å²) >= 11 is 0. The molecule has 0 radical (unpaired) electrons. The topological polar surface area (TPSA) is 49.7 Å². The van der Waals surface area contributed by atoms with Crippen molar-refractivity contribution in [1.82, 2.24) is 0 Å². The van der Waals surface area contributed by atoms with Gasteiger partial charge in [0, 0.05) is 0 Å². The van der Waals surface area contributed by atoms with Crippen molar-refractivity contribution < 1.29 is 14.9 Å². The first-order chi connectivity index (χ1) is 8.95. The lowest BCUT2D eigenvalue weighted by Gasteiger charge is -2.16. The molecule has 0 amide bonds. The van der Waals surface area contributed by atoms with Crippen LogP contribution in [0.5, 0.6) is 5.75 Å². The van der Waals surface area contributed by atoms with Gasteiger partial charge in [-0.05, 0) is 62.8 Å². The van der Waals surface area contributed by atoms with E-state index in [0.717, 1.165) is 30.8 Å². The summed E-state index contributed by atoms with van der Waals surface area (Å²) in [6.45, 7) is 8.54. The van der Waals surface area contributed by atoms with Gasteiger partial charge in [-0.1, -0.05) is 13.0 Å². The second-order valence-corrected chi connectivity index (χ2v) is 5.24. The third kappa shape index (κ3) is 4.84. The Labute approximate surface area is 116 Å². The van der Waals surface area contributed by atoms with E-state index in [1.54, 1.807) is 6.92 Å².